The first kappa shape index (κ1) is 18.4. The zero-order valence-electron chi connectivity index (χ0n) is 14.1. The SMILES string of the molecule is CN(Cc1ccc(OC(F)F)cc1)C(=O)CSc1nnc(N)n1C1CC1. The highest BCUT2D eigenvalue weighted by molar-refractivity contribution is 7.99. The Bertz CT molecular complexity index is 765. The van der Waals surface area contributed by atoms with Gasteiger partial charge in [0.05, 0.1) is 5.75 Å². The van der Waals surface area contributed by atoms with E-state index in [4.69, 9.17) is 5.73 Å². The number of rotatable bonds is 8. The number of ether oxygens (including phenoxy) is 1. The molecule has 1 aromatic heterocycles. The summed E-state index contributed by atoms with van der Waals surface area (Å²) in [6.45, 7) is -2.49. The first-order valence-electron chi connectivity index (χ1n) is 8.05. The minimum atomic E-state index is -2.85. The number of benzene rings is 1. The third-order valence-electron chi connectivity index (χ3n) is 3.92. The Morgan fingerprint density at radius 1 is 1.38 bits per heavy atom. The molecule has 3 rings (SSSR count). The van der Waals surface area contributed by atoms with E-state index in [1.165, 1.54) is 23.9 Å². The molecule has 26 heavy (non-hydrogen) atoms. The lowest BCUT2D eigenvalue weighted by molar-refractivity contribution is -0.127. The Kier molecular flexibility index (Phi) is 5.60. The first-order valence-corrected chi connectivity index (χ1v) is 9.03. The molecule has 0 unspecified atom stereocenters. The Morgan fingerprint density at radius 3 is 2.69 bits per heavy atom. The molecule has 0 aliphatic heterocycles. The van der Waals surface area contributed by atoms with E-state index in [1.807, 2.05) is 4.57 Å². The van der Waals surface area contributed by atoms with Gasteiger partial charge in [-0.3, -0.25) is 9.36 Å². The van der Waals surface area contributed by atoms with Crippen molar-refractivity contribution in [3.8, 4) is 5.75 Å². The number of thioether (sulfide) groups is 1. The van der Waals surface area contributed by atoms with Crippen LogP contribution < -0.4 is 10.5 Å². The van der Waals surface area contributed by atoms with E-state index < -0.39 is 6.61 Å². The highest BCUT2D eigenvalue weighted by Crippen LogP contribution is 2.39. The molecule has 1 heterocycles. The summed E-state index contributed by atoms with van der Waals surface area (Å²) in [7, 11) is 1.69. The van der Waals surface area contributed by atoms with E-state index in [-0.39, 0.29) is 17.4 Å². The molecule has 7 nitrogen and oxygen atoms in total. The van der Waals surface area contributed by atoms with Crippen LogP contribution >= 0.6 is 11.8 Å². The van der Waals surface area contributed by atoms with Gasteiger partial charge in [-0.15, -0.1) is 10.2 Å². The van der Waals surface area contributed by atoms with Gasteiger partial charge in [-0.1, -0.05) is 23.9 Å². The molecule has 1 aliphatic carbocycles. The summed E-state index contributed by atoms with van der Waals surface area (Å²) in [5.41, 5.74) is 6.63. The summed E-state index contributed by atoms with van der Waals surface area (Å²) in [4.78, 5) is 13.9. The van der Waals surface area contributed by atoms with Crippen LogP contribution in [-0.4, -0.2) is 45.0 Å². The van der Waals surface area contributed by atoms with Crippen LogP contribution in [0.5, 0.6) is 5.75 Å². The topological polar surface area (TPSA) is 86.3 Å². The fourth-order valence-electron chi connectivity index (χ4n) is 2.44. The number of nitrogens with two attached hydrogens (primary N) is 1. The summed E-state index contributed by atoms with van der Waals surface area (Å²) >= 11 is 1.31. The van der Waals surface area contributed by atoms with Crippen LogP contribution in [0.1, 0.15) is 24.4 Å². The Morgan fingerprint density at radius 2 is 2.08 bits per heavy atom. The number of nitrogen functional groups attached to an aromatic ring is 1. The average molecular weight is 383 g/mol. The molecular formula is C16H19F2N5O2S. The maximum atomic E-state index is 12.3. The fourth-order valence-corrected chi connectivity index (χ4v) is 3.39. The highest BCUT2D eigenvalue weighted by atomic mass is 32.2. The molecule has 0 atom stereocenters. The van der Waals surface area contributed by atoms with Crippen molar-refractivity contribution in [2.45, 2.75) is 37.2 Å². The molecular weight excluding hydrogens is 364 g/mol. The van der Waals surface area contributed by atoms with Gasteiger partial charge in [-0.25, -0.2) is 0 Å². The molecule has 0 bridgehead atoms. The molecule has 1 saturated carbocycles. The summed E-state index contributed by atoms with van der Waals surface area (Å²) < 4.78 is 30.5. The standard InChI is InChI=1S/C16H19F2N5O2S/c1-22(8-10-2-6-12(7-3-10)25-14(17)18)13(24)9-26-16-21-20-15(19)23(16)11-4-5-11/h2-3,6-7,11,14H,4-5,8-9H2,1H3,(H2,19,20). The Hall–Kier alpha value is -2.36. The molecule has 0 saturated heterocycles. The minimum absolute atomic E-state index is 0.0770. The van der Waals surface area contributed by atoms with Crippen molar-refractivity contribution in [1.82, 2.24) is 19.7 Å². The molecule has 140 valence electrons. The van der Waals surface area contributed by atoms with Crippen molar-refractivity contribution in [1.29, 1.82) is 0 Å². The third-order valence-corrected chi connectivity index (χ3v) is 4.85. The van der Waals surface area contributed by atoms with Crippen molar-refractivity contribution in [2.75, 3.05) is 18.5 Å². The Labute approximate surface area is 153 Å². The van der Waals surface area contributed by atoms with Gasteiger partial charge in [0.15, 0.2) is 5.16 Å². The lowest BCUT2D eigenvalue weighted by Crippen LogP contribution is -2.27. The van der Waals surface area contributed by atoms with Gasteiger partial charge in [0, 0.05) is 19.6 Å². The third kappa shape index (κ3) is 4.63. The molecule has 1 aliphatic rings. The summed E-state index contributed by atoms with van der Waals surface area (Å²) in [5.74, 6) is 0.604. The van der Waals surface area contributed by atoms with E-state index in [0.717, 1.165) is 18.4 Å². The molecule has 0 radical (unpaired) electrons. The van der Waals surface area contributed by atoms with E-state index in [0.29, 0.717) is 23.7 Å². The maximum Gasteiger partial charge on any atom is 0.387 e. The largest absolute Gasteiger partial charge is 0.435 e. The van der Waals surface area contributed by atoms with E-state index >= 15 is 0 Å². The second-order valence-electron chi connectivity index (χ2n) is 6.00. The molecule has 2 N–H and O–H groups in total. The van der Waals surface area contributed by atoms with Crippen LogP contribution in [0.25, 0.3) is 0 Å². The maximum absolute atomic E-state index is 12.3. The molecule has 1 fully saturated rings. The van der Waals surface area contributed by atoms with Crippen LogP contribution in [0.2, 0.25) is 0 Å². The number of nitrogens with zero attached hydrogens (tertiary/aromatic N) is 4. The van der Waals surface area contributed by atoms with Gasteiger partial charge in [-0.05, 0) is 30.5 Å². The van der Waals surface area contributed by atoms with Gasteiger partial charge < -0.3 is 15.4 Å². The quantitative estimate of drug-likeness (QED) is 0.705. The highest BCUT2D eigenvalue weighted by Gasteiger charge is 2.29. The van der Waals surface area contributed by atoms with Crippen LogP contribution in [0.3, 0.4) is 0 Å². The number of anilines is 1. The lowest BCUT2D eigenvalue weighted by atomic mass is 10.2. The number of hydrogen-bond donors (Lipinski definition) is 1. The zero-order chi connectivity index (χ0) is 18.7. The number of halogens is 2. The normalized spacial score (nSPS) is 13.8. The number of hydrogen-bond acceptors (Lipinski definition) is 6. The predicted octanol–water partition coefficient (Wildman–Crippen LogP) is 2.55. The van der Waals surface area contributed by atoms with Crippen molar-refractivity contribution >= 4 is 23.6 Å². The number of amides is 1. The predicted molar refractivity (Wildman–Crippen MR) is 93.0 cm³/mol. The van der Waals surface area contributed by atoms with Crippen molar-refractivity contribution < 1.29 is 18.3 Å². The van der Waals surface area contributed by atoms with Gasteiger partial charge in [0.2, 0.25) is 11.9 Å². The smallest absolute Gasteiger partial charge is 0.387 e. The first-order chi connectivity index (χ1) is 12.4. The van der Waals surface area contributed by atoms with E-state index in [9.17, 15) is 13.6 Å². The monoisotopic (exact) mass is 383 g/mol. The number of alkyl halides is 2. The lowest BCUT2D eigenvalue weighted by Gasteiger charge is -2.17. The fraction of sp³-hybridized carbons (Fsp3) is 0.438. The van der Waals surface area contributed by atoms with Gasteiger partial charge in [0.1, 0.15) is 5.75 Å². The molecule has 1 amide bonds. The van der Waals surface area contributed by atoms with Crippen molar-refractivity contribution in [2.24, 2.45) is 0 Å². The van der Waals surface area contributed by atoms with Crippen LogP contribution in [0.4, 0.5) is 14.7 Å². The number of carbonyl (C=O) groups excluding carboxylic acids is 1. The van der Waals surface area contributed by atoms with Gasteiger partial charge in [-0.2, -0.15) is 8.78 Å². The molecule has 0 spiro atoms. The summed E-state index contributed by atoms with van der Waals surface area (Å²) in [5, 5.41) is 8.56. The van der Waals surface area contributed by atoms with Crippen LogP contribution in [0, 0.1) is 0 Å². The molecule has 1 aromatic carbocycles. The Balaban J connectivity index is 1.52. The molecule has 2 aromatic rings. The van der Waals surface area contributed by atoms with E-state index in [2.05, 4.69) is 14.9 Å². The summed E-state index contributed by atoms with van der Waals surface area (Å²) in [6.07, 6.45) is 2.10. The molecule has 10 heteroatoms. The average Bonchev–Trinajstić information content (AvgIpc) is 3.36. The van der Waals surface area contributed by atoms with Crippen LogP contribution in [-0.2, 0) is 11.3 Å². The van der Waals surface area contributed by atoms with Crippen molar-refractivity contribution in [3.63, 3.8) is 0 Å². The number of aromatic nitrogens is 3. The summed E-state index contributed by atoms with van der Waals surface area (Å²) in [6, 6.07) is 6.55. The minimum Gasteiger partial charge on any atom is -0.435 e. The van der Waals surface area contributed by atoms with E-state index in [1.54, 1.807) is 24.1 Å². The van der Waals surface area contributed by atoms with Crippen molar-refractivity contribution in [3.05, 3.63) is 29.8 Å². The zero-order valence-corrected chi connectivity index (χ0v) is 15.0. The second-order valence-corrected chi connectivity index (χ2v) is 6.95. The van der Waals surface area contributed by atoms with Gasteiger partial charge >= 0.3 is 6.61 Å². The van der Waals surface area contributed by atoms with Gasteiger partial charge in [0.25, 0.3) is 0 Å². The number of carbonyl (C=O) groups is 1. The van der Waals surface area contributed by atoms with Crippen LogP contribution in [0.15, 0.2) is 29.4 Å². The second kappa shape index (κ2) is 7.90.